The van der Waals surface area contributed by atoms with Gasteiger partial charge >= 0.3 is 0 Å². The van der Waals surface area contributed by atoms with Gasteiger partial charge < -0.3 is 14.8 Å². The van der Waals surface area contributed by atoms with Crippen LogP contribution in [0, 0.1) is 5.82 Å². The first-order valence-electron chi connectivity index (χ1n) is 8.34. The molecule has 0 aliphatic carbocycles. The number of methoxy groups -OCH3 is 1. The third-order valence-corrected chi connectivity index (χ3v) is 6.00. The van der Waals surface area contributed by atoms with Crippen molar-refractivity contribution in [1.29, 1.82) is 0 Å². The van der Waals surface area contributed by atoms with E-state index in [1.807, 2.05) is 0 Å². The quantitative estimate of drug-likeness (QED) is 0.737. The average molecular weight is 429 g/mol. The smallest absolute Gasteiger partial charge is 0.259 e. The van der Waals surface area contributed by atoms with E-state index in [1.54, 1.807) is 0 Å². The summed E-state index contributed by atoms with van der Waals surface area (Å²) in [5.74, 6) is -1.11. The van der Waals surface area contributed by atoms with Gasteiger partial charge in [0.2, 0.25) is 10.0 Å². The van der Waals surface area contributed by atoms with Gasteiger partial charge in [0, 0.05) is 12.6 Å². The summed E-state index contributed by atoms with van der Waals surface area (Å²) in [5.41, 5.74) is 0.0246. The normalized spacial score (nSPS) is 16.8. The molecule has 1 aliphatic heterocycles. The number of carbonyl (C=O) groups excluding carboxylic acids is 1. The molecular formula is C18H18ClFN2O5S. The summed E-state index contributed by atoms with van der Waals surface area (Å²) in [7, 11) is -2.51. The summed E-state index contributed by atoms with van der Waals surface area (Å²) in [4.78, 5) is 12.6. The molecule has 2 N–H and O–H groups in total. The van der Waals surface area contributed by atoms with E-state index in [4.69, 9.17) is 21.1 Å². The highest BCUT2D eigenvalue weighted by molar-refractivity contribution is 7.89. The summed E-state index contributed by atoms with van der Waals surface area (Å²) in [6.45, 7) is 0.776. The maximum atomic E-state index is 13.4. The predicted octanol–water partition coefficient (Wildman–Crippen LogP) is 2.81. The molecule has 2 aromatic rings. The first-order chi connectivity index (χ1) is 13.3. The van der Waals surface area contributed by atoms with E-state index in [0.29, 0.717) is 19.6 Å². The molecule has 3 rings (SSSR count). The Kier molecular flexibility index (Phi) is 6.19. The monoisotopic (exact) mass is 428 g/mol. The Morgan fingerprint density at radius 2 is 2.07 bits per heavy atom. The summed E-state index contributed by atoms with van der Waals surface area (Å²) < 4.78 is 51.5. The van der Waals surface area contributed by atoms with Crippen molar-refractivity contribution >= 4 is 33.2 Å². The predicted molar refractivity (Wildman–Crippen MR) is 102 cm³/mol. The van der Waals surface area contributed by atoms with Crippen molar-refractivity contribution in [2.75, 3.05) is 25.6 Å². The van der Waals surface area contributed by atoms with Crippen LogP contribution >= 0.6 is 11.6 Å². The van der Waals surface area contributed by atoms with Crippen molar-refractivity contribution in [3.63, 3.8) is 0 Å². The van der Waals surface area contributed by atoms with Crippen LogP contribution in [0.15, 0.2) is 41.3 Å². The number of carbonyl (C=O) groups is 1. The van der Waals surface area contributed by atoms with Crippen molar-refractivity contribution < 1.29 is 27.1 Å². The highest BCUT2D eigenvalue weighted by Gasteiger charge is 2.25. The number of rotatable bonds is 6. The number of ether oxygens (including phenoxy) is 2. The summed E-state index contributed by atoms with van der Waals surface area (Å²) in [6.07, 6.45) is 0.570. The maximum Gasteiger partial charge on any atom is 0.259 e. The molecule has 7 nitrogen and oxygen atoms in total. The molecule has 1 saturated heterocycles. The lowest BCUT2D eigenvalue weighted by molar-refractivity contribution is 0.102. The van der Waals surface area contributed by atoms with Crippen LogP contribution in [-0.2, 0) is 14.8 Å². The van der Waals surface area contributed by atoms with Crippen molar-refractivity contribution in [1.82, 2.24) is 4.72 Å². The second kappa shape index (κ2) is 8.44. The van der Waals surface area contributed by atoms with Crippen LogP contribution in [0.2, 0.25) is 5.02 Å². The molecule has 1 amide bonds. The van der Waals surface area contributed by atoms with E-state index >= 15 is 0 Å². The van der Waals surface area contributed by atoms with Gasteiger partial charge in [0.05, 0.1) is 34.9 Å². The lowest BCUT2D eigenvalue weighted by Gasteiger charge is -2.14. The maximum absolute atomic E-state index is 13.4. The second-order valence-electron chi connectivity index (χ2n) is 6.12. The molecule has 1 heterocycles. The molecule has 0 spiro atoms. The fourth-order valence-electron chi connectivity index (χ4n) is 2.73. The second-order valence-corrected chi connectivity index (χ2v) is 8.24. The molecule has 1 fully saturated rings. The summed E-state index contributed by atoms with van der Waals surface area (Å²) >= 11 is 5.97. The van der Waals surface area contributed by atoms with Crippen LogP contribution in [0.3, 0.4) is 0 Å². The van der Waals surface area contributed by atoms with Gasteiger partial charge in [-0.25, -0.2) is 17.5 Å². The van der Waals surface area contributed by atoms with Gasteiger partial charge in [-0.1, -0.05) is 11.6 Å². The van der Waals surface area contributed by atoms with Crippen LogP contribution in [0.5, 0.6) is 5.75 Å². The molecule has 0 radical (unpaired) electrons. The highest BCUT2D eigenvalue weighted by Crippen LogP contribution is 2.27. The van der Waals surface area contributed by atoms with E-state index in [1.165, 1.54) is 31.4 Å². The van der Waals surface area contributed by atoms with Gasteiger partial charge in [-0.15, -0.1) is 0 Å². The van der Waals surface area contributed by atoms with Crippen LogP contribution in [0.25, 0.3) is 0 Å². The number of hydrogen-bond donors (Lipinski definition) is 2. The fourth-order valence-corrected chi connectivity index (χ4v) is 4.18. The standard InChI is InChI=1S/C18H18ClFN2O5S/c1-26-17-5-3-13(28(24,25)22-12-6-7-27-10-12)9-14(17)18(23)21-16-8-11(20)2-4-15(16)19/h2-5,8-9,12,22H,6-7,10H2,1H3,(H,21,23)/t12-/m0/s1. The lowest BCUT2D eigenvalue weighted by Crippen LogP contribution is -2.35. The first-order valence-corrected chi connectivity index (χ1v) is 10.2. The zero-order valence-corrected chi connectivity index (χ0v) is 16.4. The van der Waals surface area contributed by atoms with Crippen LogP contribution in [0.1, 0.15) is 16.8 Å². The number of hydrogen-bond acceptors (Lipinski definition) is 5. The Balaban J connectivity index is 1.90. The van der Waals surface area contributed by atoms with E-state index < -0.39 is 21.7 Å². The average Bonchev–Trinajstić information content (AvgIpc) is 3.16. The molecule has 1 atom stereocenters. The van der Waals surface area contributed by atoms with Crippen LogP contribution in [0.4, 0.5) is 10.1 Å². The minimum atomic E-state index is -3.86. The molecule has 0 aromatic heterocycles. The summed E-state index contributed by atoms with van der Waals surface area (Å²) in [5, 5.41) is 2.61. The summed E-state index contributed by atoms with van der Waals surface area (Å²) in [6, 6.07) is 7.11. The fraction of sp³-hybridized carbons (Fsp3) is 0.278. The Labute approximate surface area is 166 Å². The van der Waals surface area contributed by atoms with Gasteiger partial charge in [-0.05, 0) is 42.8 Å². The number of benzene rings is 2. The molecule has 150 valence electrons. The first kappa shape index (κ1) is 20.5. The zero-order chi connectivity index (χ0) is 20.3. The number of amides is 1. The van der Waals surface area contributed by atoms with Gasteiger partial charge in [-0.3, -0.25) is 4.79 Å². The van der Waals surface area contributed by atoms with Crippen LogP contribution in [-0.4, -0.2) is 40.7 Å². The molecule has 0 saturated carbocycles. The number of nitrogens with one attached hydrogen (secondary N) is 2. The Morgan fingerprint density at radius 3 is 2.75 bits per heavy atom. The van der Waals surface area contributed by atoms with Gasteiger partial charge in [0.15, 0.2) is 0 Å². The Bertz CT molecular complexity index is 993. The number of sulfonamides is 1. The Morgan fingerprint density at radius 1 is 1.29 bits per heavy atom. The zero-order valence-electron chi connectivity index (χ0n) is 14.9. The third-order valence-electron chi connectivity index (χ3n) is 4.15. The van der Waals surface area contributed by atoms with Crippen molar-refractivity contribution in [3.05, 3.63) is 52.8 Å². The SMILES string of the molecule is COc1ccc(S(=O)(=O)N[C@H]2CCOC2)cc1C(=O)Nc1cc(F)ccc1Cl. The van der Waals surface area contributed by atoms with Crippen molar-refractivity contribution in [2.45, 2.75) is 17.4 Å². The number of halogens is 2. The molecular weight excluding hydrogens is 411 g/mol. The minimum Gasteiger partial charge on any atom is -0.496 e. The highest BCUT2D eigenvalue weighted by atomic mass is 35.5. The topological polar surface area (TPSA) is 93.7 Å². The minimum absolute atomic E-state index is 0.0339. The number of anilines is 1. The van der Waals surface area contributed by atoms with Gasteiger partial charge in [0.1, 0.15) is 11.6 Å². The molecule has 10 heteroatoms. The Hall–Kier alpha value is -2.20. The molecule has 0 unspecified atom stereocenters. The largest absolute Gasteiger partial charge is 0.496 e. The molecule has 0 bridgehead atoms. The van der Waals surface area contributed by atoms with Gasteiger partial charge in [0.25, 0.3) is 5.91 Å². The van der Waals surface area contributed by atoms with Gasteiger partial charge in [-0.2, -0.15) is 0 Å². The van der Waals surface area contributed by atoms with Crippen molar-refractivity contribution in [3.8, 4) is 5.75 Å². The van der Waals surface area contributed by atoms with E-state index in [9.17, 15) is 17.6 Å². The molecule has 1 aliphatic rings. The third kappa shape index (κ3) is 4.61. The van der Waals surface area contributed by atoms with E-state index in [2.05, 4.69) is 10.0 Å². The van der Waals surface area contributed by atoms with E-state index in [0.717, 1.165) is 12.1 Å². The molecule has 28 heavy (non-hydrogen) atoms. The van der Waals surface area contributed by atoms with Crippen molar-refractivity contribution in [2.24, 2.45) is 0 Å². The molecule has 2 aromatic carbocycles. The lowest BCUT2D eigenvalue weighted by atomic mass is 10.2. The van der Waals surface area contributed by atoms with Crippen LogP contribution < -0.4 is 14.8 Å². The van der Waals surface area contributed by atoms with E-state index in [-0.39, 0.29) is 33.0 Å².